The second-order valence-corrected chi connectivity index (χ2v) is 6.93. The van der Waals surface area contributed by atoms with Gasteiger partial charge in [-0.2, -0.15) is 9.78 Å². The van der Waals surface area contributed by atoms with Crippen LogP contribution in [0.2, 0.25) is 0 Å². The molecule has 0 aliphatic heterocycles. The van der Waals surface area contributed by atoms with Crippen LogP contribution in [0.5, 0.6) is 0 Å². The van der Waals surface area contributed by atoms with Crippen molar-refractivity contribution in [3.8, 4) is 5.13 Å². The number of benzene rings is 2. The molecule has 134 valence electrons. The summed E-state index contributed by atoms with van der Waals surface area (Å²) in [7, 11) is 0. The first-order valence-corrected chi connectivity index (χ1v) is 9.07. The molecule has 0 unspecified atom stereocenters. The summed E-state index contributed by atoms with van der Waals surface area (Å²) in [5.74, 6) is -0.0733. The molecule has 0 aliphatic carbocycles. The first-order valence-electron chi connectivity index (χ1n) is 8.26. The van der Waals surface area contributed by atoms with Crippen LogP contribution in [0.15, 0.2) is 60.7 Å². The van der Waals surface area contributed by atoms with E-state index in [2.05, 4.69) is 15.4 Å². The maximum atomic E-state index is 13.4. The summed E-state index contributed by atoms with van der Waals surface area (Å²) in [6.07, 6.45) is 3.21. The Labute approximate surface area is 158 Å². The van der Waals surface area contributed by atoms with Crippen LogP contribution in [-0.2, 0) is 4.79 Å². The smallest absolute Gasteiger partial charge is 0.249 e. The summed E-state index contributed by atoms with van der Waals surface area (Å²) in [5.41, 5.74) is 2.36. The molecule has 0 saturated carbocycles. The van der Waals surface area contributed by atoms with Gasteiger partial charge in [-0.3, -0.25) is 4.79 Å². The molecule has 0 bridgehead atoms. The van der Waals surface area contributed by atoms with Gasteiger partial charge in [0.05, 0.1) is 15.9 Å². The minimum Gasteiger partial charge on any atom is -0.307 e. The third-order valence-electron chi connectivity index (χ3n) is 3.83. The van der Waals surface area contributed by atoms with E-state index in [1.54, 1.807) is 22.9 Å². The molecular weight excluding hydrogens is 363 g/mol. The van der Waals surface area contributed by atoms with Crippen molar-refractivity contribution < 1.29 is 9.18 Å². The molecule has 0 atom stereocenters. The lowest BCUT2D eigenvalue weighted by molar-refractivity contribution is -0.111. The normalized spacial score (nSPS) is 11.3. The molecule has 2 heterocycles. The zero-order chi connectivity index (χ0) is 18.8. The number of hydrogen-bond donors (Lipinski definition) is 1. The number of aryl methyl sites for hydroxylation is 1. The summed E-state index contributed by atoms with van der Waals surface area (Å²) in [6.45, 7) is 1.83. The van der Waals surface area contributed by atoms with E-state index >= 15 is 0 Å². The fourth-order valence-electron chi connectivity index (χ4n) is 2.62. The molecule has 5 nitrogen and oxygen atoms in total. The first kappa shape index (κ1) is 17.1. The maximum absolute atomic E-state index is 13.4. The van der Waals surface area contributed by atoms with E-state index in [1.165, 1.54) is 29.5 Å². The van der Waals surface area contributed by atoms with Crippen LogP contribution in [0.3, 0.4) is 0 Å². The first-order chi connectivity index (χ1) is 13.1. The molecule has 4 rings (SSSR count). The number of aromatic nitrogens is 3. The van der Waals surface area contributed by atoms with Crippen molar-refractivity contribution in [3.05, 3.63) is 77.7 Å². The number of halogens is 1. The van der Waals surface area contributed by atoms with Crippen LogP contribution in [0, 0.1) is 12.7 Å². The number of carbonyl (C=O) groups is 1. The van der Waals surface area contributed by atoms with Crippen LogP contribution in [0.4, 0.5) is 10.2 Å². The Morgan fingerprint density at radius 3 is 2.81 bits per heavy atom. The molecule has 0 radical (unpaired) electrons. The summed E-state index contributed by atoms with van der Waals surface area (Å²) in [4.78, 5) is 16.8. The Balaban J connectivity index is 1.60. The Morgan fingerprint density at radius 2 is 2.00 bits per heavy atom. The van der Waals surface area contributed by atoms with E-state index in [0.717, 1.165) is 16.0 Å². The quantitative estimate of drug-likeness (QED) is 0.529. The van der Waals surface area contributed by atoms with Gasteiger partial charge in [0.15, 0.2) is 0 Å². The van der Waals surface area contributed by atoms with Gasteiger partial charge in [0.25, 0.3) is 0 Å². The molecule has 27 heavy (non-hydrogen) atoms. The number of hydrogen-bond acceptors (Lipinski definition) is 4. The van der Waals surface area contributed by atoms with Crippen molar-refractivity contribution in [2.24, 2.45) is 0 Å². The van der Waals surface area contributed by atoms with Crippen LogP contribution >= 0.6 is 11.3 Å². The minimum atomic E-state index is -0.311. The lowest BCUT2D eigenvalue weighted by atomic mass is 10.2. The van der Waals surface area contributed by atoms with Gasteiger partial charge in [-0.1, -0.05) is 41.7 Å². The summed E-state index contributed by atoms with van der Waals surface area (Å²) in [6, 6.07) is 15.8. The van der Waals surface area contributed by atoms with E-state index in [4.69, 9.17) is 0 Å². The van der Waals surface area contributed by atoms with Gasteiger partial charge < -0.3 is 5.32 Å². The van der Waals surface area contributed by atoms with Crippen LogP contribution in [-0.4, -0.2) is 20.7 Å². The molecule has 0 spiro atoms. The highest BCUT2D eigenvalue weighted by atomic mass is 32.1. The Bertz CT molecular complexity index is 1150. The molecule has 2 aromatic carbocycles. The fraction of sp³-hybridized carbons (Fsp3) is 0.0500. The van der Waals surface area contributed by atoms with Gasteiger partial charge in [-0.25, -0.2) is 9.37 Å². The highest BCUT2D eigenvalue weighted by molar-refractivity contribution is 7.20. The number of carbonyl (C=O) groups excluding carboxylic acids is 1. The molecule has 2 aromatic heterocycles. The molecule has 0 aliphatic rings. The van der Waals surface area contributed by atoms with E-state index in [0.29, 0.717) is 16.5 Å². The Morgan fingerprint density at radius 1 is 1.19 bits per heavy atom. The molecule has 1 amide bonds. The van der Waals surface area contributed by atoms with Crippen molar-refractivity contribution in [2.45, 2.75) is 6.92 Å². The number of anilines is 1. The zero-order valence-corrected chi connectivity index (χ0v) is 15.2. The number of rotatable bonds is 4. The van der Waals surface area contributed by atoms with E-state index in [-0.39, 0.29) is 11.7 Å². The van der Waals surface area contributed by atoms with Crippen LogP contribution in [0.1, 0.15) is 11.3 Å². The van der Waals surface area contributed by atoms with Gasteiger partial charge in [0.2, 0.25) is 11.0 Å². The van der Waals surface area contributed by atoms with E-state index < -0.39 is 0 Å². The molecule has 1 N–H and O–H groups in total. The second-order valence-electron chi connectivity index (χ2n) is 5.92. The van der Waals surface area contributed by atoms with E-state index in [9.17, 15) is 9.18 Å². The fourth-order valence-corrected chi connectivity index (χ4v) is 3.57. The SMILES string of the molecule is Cc1cc(NC(=O)/C=C/c2ccccc2)n(-c2nc3ccc(F)cc3s2)n1. The van der Waals surface area contributed by atoms with Crippen molar-refractivity contribution in [2.75, 3.05) is 5.32 Å². The highest BCUT2D eigenvalue weighted by Crippen LogP contribution is 2.27. The number of thiazole rings is 1. The van der Waals surface area contributed by atoms with E-state index in [1.807, 2.05) is 37.3 Å². The molecule has 0 fully saturated rings. The number of nitrogens with one attached hydrogen (secondary N) is 1. The number of fused-ring (bicyclic) bond motifs is 1. The maximum Gasteiger partial charge on any atom is 0.249 e. The summed E-state index contributed by atoms with van der Waals surface area (Å²) >= 11 is 1.31. The average molecular weight is 378 g/mol. The molecule has 7 heteroatoms. The molecule has 0 saturated heterocycles. The van der Waals surface area contributed by atoms with Crippen molar-refractivity contribution in [3.63, 3.8) is 0 Å². The lowest BCUT2D eigenvalue weighted by Crippen LogP contribution is -2.12. The third-order valence-corrected chi connectivity index (χ3v) is 4.82. The zero-order valence-electron chi connectivity index (χ0n) is 14.4. The lowest BCUT2D eigenvalue weighted by Gasteiger charge is -2.04. The average Bonchev–Trinajstić information content (AvgIpc) is 3.23. The van der Waals surface area contributed by atoms with Crippen molar-refractivity contribution in [1.29, 1.82) is 0 Å². The van der Waals surface area contributed by atoms with Crippen molar-refractivity contribution in [1.82, 2.24) is 14.8 Å². The van der Waals surface area contributed by atoms with Gasteiger partial charge in [-0.15, -0.1) is 0 Å². The number of nitrogens with zero attached hydrogens (tertiary/aromatic N) is 3. The summed E-state index contributed by atoms with van der Waals surface area (Å²) in [5, 5.41) is 7.79. The van der Waals surface area contributed by atoms with Crippen molar-refractivity contribution >= 4 is 39.4 Å². The Hall–Kier alpha value is -3.32. The van der Waals surface area contributed by atoms with Crippen LogP contribution < -0.4 is 5.32 Å². The predicted molar refractivity (Wildman–Crippen MR) is 106 cm³/mol. The standard InChI is InChI=1S/C20H15FN4OS/c1-13-11-18(23-19(26)10-7-14-5-3-2-4-6-14)25(24-13)20-22-16-9-8-15(21)12-17(16)27-20/h2-12H,1H3,(H,23,26)/b10-7+. The molecular formula is C20H15FN4OS. The second kappa shape index (κ2) is 7.13. The minimum absolute atomic E-state index is 0.271. The monoisotopic (exact) mass is 378 g/mol. The highest BCUT2D eigenvalue weighted by Gasteiger charge is 2.14. The van der Waals surface area contributed by atoms with Gasteiger partial charge in [0, 0.05) is 12.1 Å². The van der Waals surface area contributed by atoms with Gasteiger partial charge >= 0.3 is 0 Å². The Kier molecular flexibility index (Phi) is 4.52. The van der Waals surface area contributed by atoms with Gasteiger partial charge in [-0.05, 0) is 36.8 Å². The van der Waals surface area contributed by atoms with Gasteiger partial charge in [0.1, 0.15) is 11.6 Å². The topological polar surface area (TPSA) is 59.8 Å². The largest absolute Gasteiger partial charge is 0.307 e. The number of amides is 1. The summed E-state index contributed by atoms with van der Waals surface area (Å²) < 4.78 is 15.7. The molecule has 4 aromatic rings. The third kappa shape index (κ3) is 3.78. The predicted octanol–water partition coefficient (Wildman–Crippen LogP) is 4.58. The van der Waals surface area contributed by atoms with Crippen LogP contribution in [0.25, 0.3) is 21.4 Å².